The molecule has 0 heterocycles. The Morgan fingerprint density at radius 1 is 1.20 bits per heavy atom. The largest absolute Gasteiger partial charge is 0.355 e. The highest BCUT2D eigenvalue weighted by Crippen LogP contribution is 2.26. The van der Waals surface area contributed by atoms with Crippen molar-refractivity contribution in [2.75, 3.05) is 4.72 Å². The molecule has 0 saturated carbocycles. The SMILES string of the molecule is O=S(=O)(Nc1ccc(Cl)c(Cl)c1)C(F)F. The number of anilines is 1. The van der Waals surface area contributed by atoms with Crippen LogP contribution in [0.25, 0.3) is 0 Å². The highest BCUT2D eigenvalue weighted by molar-refractivity contribution is 7.93. The molecule has 3 nitrogen and oxygen atoms in total. The molecule has 0 aliphatic heterocycles. The van der Waals surface area contributed by atoms with E-state index in [9.17, 15) is 17.2 Å². The maximum atomic E-state index is 12.0. The molecular weight excluding hydrogens is 271 g/mol. The Balaban J connectivity index is 2.96. The first-order chi connectivity index (χ1) is 6.83. The number of hydrogen-bond acceptors (Lipinski definition) is 2. The normalized spacial score (nSPS) is 11.8. The summed E-state index contributed by atoms with van der Waals surface area (Å²) in [5, 5.41) is 0.280. The maximum Gasteiger partial charge on any atom is 0.355 e. The van der Waals surface area contributed by atoms with Gasteiger partial charge in [0.2, 0.25) is 0 Å². The Bertz CT molecular complexity index is 464. The molecule has 1 N–H and O–H groups in total. The van der Waals surface area contributed by atoms with Crippen LogP contribution in [0.5, 0.6) is 0 Å². The molecule has 1 aromatic carbocycles. The van der Waals surface area contributed by atoms with Crippen molar-refractivity contribution in [3.63, 3.8) is 0 Å². The molecule has 0 spiro atoms. The summed E-state index contributed by atoms with van der Waals surface area (Å²) in [6.07, 6.45) is 0. The summed E-state index contributed by atoms with van der Waals surface area (Å²) in [6, 6.07) is 3.67. The van der Waals surface area contributed by atoms with Gasteiger partial charge in [-0.1, -0.05) is 23.2 Å². The second-order valence-electron chi connectivity index (χ2n) is 2.54. The highest BCUT2D eigenvalue weighted by atomic mass is 35.5. The van der Waals surface area contributed by atoms with Crippen LogP contribution in [0.3, 0.4) is 0 Å². The third-order valence-electron chi connectivity index (χ3n) is 1.41. The summed E-state index contributed by atoms with van der Waals surface area (Å²) in [5.74, 6) is -3.49. The summed E-state index contributed by atoms with van der Waals surface area (Å²) < 4.78 is 47.1. The van der Waals surface area contributed by atoms with E-state index in [1.165, 1.54) is 12.1 Å². The van der Waals surface area contributed by atoms with Crippen molar-refractivity contribution < 1.29 is 17.2 Å². The van der Waals surface area contributed by atoms with E-state index in [4.69, 9.17) is 23.2 Å². The van der Waals surface area contributed by atoms with Crippen LogP contribution in [0.4, 0.5) is 14.5 Å². The fraction of sp³-hybridized carbons (Fsp3) is 0.143. The second-order valence-corrected chi connectivity index (χ2v) is 5.00. The van der Waals surface area contributed by atoms with E-state index in [1.54, 1.807) is 4.72 Å². The van der Waals surface area contributed by atoms with Gasteiger partial charge in [0.1, 0.15) is 0 Å². The number of sulfonamides is 1. The Labute approximate surface area is 95.0 Å². The van der Waals surface area contributed by atoms with Crippen LogP contribution in [0.15, 0.2) is 18.2 Å². The maximum absolute atomic E-state index is 12.0. The fourth-order valence-electron chi connectivity index (χ4n) is 0.768. The third-order valence-corrected chi connectivity index (χ3v) is 3.14. The van der Waals surface area contributed by atoms with Gasteiger partial charge in [-0.2, -0.15) is 8.78 Å². The zero-order valence-corrected chi connectivity index (χ0v) is 9.37. The van der Waals surface area contributed by atoms with E-state index < -0.39 is 15.8 Å². The number of rotatable bonds is 3. The van der Waals surface area contributed by atoms with E-state index in [1.807, 2.05) is 0 Å². The van der Waals surface area contributed by atoms with E-state index in [2.05, 4.69) is 0 Å². The van der Waals surface area contributed by atoms with Crippen molar-refractivity contribution in [2.24, 2.45) is 0 Å². The molecule has 0 unspecified atom stereocenters. The van der Waals surface area contributed by atoms with Crippen molar-refractivity contribution in [2.45, 2.75) is 5.76 Å². The zero-order valence-electron chi connectivity index (χ0n) is 7.05. The number of hydrogen-bond donors (Lipinski definition) is 1. The van der Waals surface area contributed by atoms with Crippen LogP contribution < -0.4 is 4.72 Å². The minimum atomic E-state index is -4.67. The van der Waals surface area contributed by atoms with Crippen molar-refractivity contribution in [1.29, 1.82) is 0 Å². The summed E-state index contributed by atoms with van der Waals surface area (Å²) in [5.41, 5.74) is -0.0651. The first-order valence-electron chi connectivity index (χ1n) is 3.58. The topological polar surface area (TPSA) is 46.2 Å². The number of halogens is 4. The van der Waals surface area contributed by atoms with Gasteiger partial charge in [0.25, 0.3) is 10.0 Å². The molecule has 0 radical (unpaired) electrons. The highest BCUT2D eigenvalue weighted by Gasteiger charge is 2.23. The molecule has 0 aliphatic rings. The lowest BCUT2D eigenvalue weighted by Gasteiger charge is -2.07. The molecule has 15 heavy (non-hydrogen) atoms. The van der Waals surface area contributed by atoms with Crippen LogP contribution in [0.1, 0.15) is 0 Å². The molecule has 0 saturated heterocycles. The van der Waals surface area contributed by atoms with Crippen molar-refractivity contribution in [3.05, 3.63) is 28.2 Å². The number of benzene rings is 1. The molecule has 0 fully saturated rings. The van der Waals surface area contributed by atoms with Crippen LogP contribution in [0, 0.1) is 0 Å². The van der Waals surface area contributed by atoms with Gasteiger partial charge >= 0.3 is 5.76 Å². The fourth-order valence-corrected chi connectivity index (χ4v) is 1.61. The molecule has 0 amide bonds. The molecule has 1 aromatic rings. The lowest BCUT2D eigenvalue weighted by Crippen LogP contribution is -2.20. The van der Waals surface area contributed by atoms with Gasteiger partial charge in [-0.3, -0.25) is 4.72 Å². The Kier molecular flexibility index (Phi) is 3.75. The van der Waals surface area contributed by atoms with Gasteiger partial charge in [0.15, 0.2) is 0 Å². The summed E-state index contributed by atoms with van der Waals surface area (Å²) >= 11 is 11.1. The number of nitrogens with one attached hydrogen (secondary N) is 1. The van der Waals surface area contributed by atoms with Crippen LogP contribution in [-0.2, 0) is 10.0 Å². The molecule has 0 bridgehead atoms. The van der Waals surface area contributed by atoms with Crippen molar-refractivity contribution in [3.8, 4) is 0 Å². The smallest absolute Gasteiger partial charge is 0.279 e. The molecule has 84 valence electrons. The van der Waals surface area contributed by atoms with Gasteiger partial charge in [-0.25, -0.2) is 8.42 Å². The monoisotopic (exact) mass is 275 g/mol. The minimum Gasteiger partial charge on any atom is -0.279 e. The lowest BCUT2D eigenvalue weighted by molar-refractivity contribution is 0.236. The van der Waals surface area contributed by atoms with Crippen molar-refractivity contribution in [1.82, 2.24) is 0 Å². The molecule has 0 atom stereocenters. The predicted molar refractivity (Wildman–Crippen MR) is 55.0 cm³/mol. The molecule has 8 heteroatoms. The first kappa shape index (κ1) is 12.5. The molecular formula is C7H5Cl2F2NO2S. The average Bonchev–Trinajstić information content (AvgIpc) is 2.10. The molecule has 0 aromatic heterocycles. The minimum absolute atomic E-state index is 0.0651. The van der Waals surface area contributed by atoms with Crippen LogP contribution in [-0.4, -0.2) is 14.2 Å². The van der Waals surface area contributed by atoms with Gasteiger partial charge in [0, 0.05) is 0 Å². The van der Waals surface area contributed by atoms with E-state index in [0.717, 1.165) is 6.07 Å². The van der Waals surface area contributed by atoms with E-state index in [-0.39, 0.29) is 15.7 Å². The van der Waals surface area contributed by atoms with Crippen LogP contribution >= 0.6 is 23.2 Å². The van der Waals surface area contributed by atoms with Gasteiger partial charge < -0.3 is 0 Å². The Morgan fingerprint density at radius 2 is 1.80 bits per heavy atom. The van der Waals surface area contributed by atoms with Crippen molar-refractivity contribution >= 4 is 38.9 Å². The van der Waals surface area contributed by atoms with Gasteiger partial charge in [0.05, 0.1) is 15.7 Å². The predicted octanol–water partition coefficient (Wildman–Crippen LogP) is 2.96. The first-order valence-corrected chi connectivity index (χ1v) is 5.88. The summed E-state index contributed by atoms with van der Waals surface area (Å²) in [4.78, 5) is 0. The lowest BCUT2D eigenvalue weighted by atomic mass is 10.3. The standard InChI is InChI=1S/C7H5Cl2F2NO2S/c8-5-2-1-4(3-6(5)9)12-15(13,14)7(10)11/h1-3,7,12H. The third kappa shape index (κ3) is 3.19. The Hall–Kier alpha value is -0.590. The van der Waals surface area contributed by atoms with Gasteiger partial charge in [-0.15, -0.1) is 0 Å². The number of alkyl halides is 2. The average molecular weight is 276 g/mol. The van der Waals surface area contributed by atoms with Crippen LogP contribution in [0.2, 0.25) is 10.0 Å². The summed E-state index contributed by atoms with van der Waals surface area (Å²) in [7, 11) is -4.67. The Morgan fingerprint density at radius 3 is 2.27 bits per heavy atom. The van der Waals surface area contributed by atoms with E-state index >= 15 is 0 Å². The second kappa shape index (κ2) is 4.51. The van der Waals surface area contributed by atoms with E-state index in [0.29, 0.717) is 0 Å². The quantitative estimate of drug-likeness (QED) is 0.922. The molecule has 0 aliphatic carbocycles. The molecule has 1 rings (SSSR count). The zero-order chi connectivity index (χ0) is 11.6. The summed E-state index contributed by atoms with van der Waals surface area (Å²) in [6.45, 7) is 0. The van der Waals surface area contributed by atoms with Gasteiger partial charge in [-0.05, 0) is 18.2 Å².